The fourth-order valence-electron chi connectivity index (χ4n) is 4.27. The monoisotopic (exact) mass is 465 g/mol. The summed E-state index contributed by atoms with van der Waals surface area (Å²) < 4.78 is 5.11. The van der Waals surface area contributed by atoms with E-state index in [0.29, 0.717) is 45.6 Å². The van der Waals surface area contributed by atoms with Crippen molar-refractivity contribution in [2.75, 3.05) is 31.6 Å². The summed E-state index contributed by atoms with van der Waals surface area (Å²) in [5.41, 5.74) is 3.79. The van der Waals surface area contributed by atoms with Gasteiger partial charge in [0.25, 0.3) is 0 Å². The molecule has 182 valence electrons. The van der Waals surface area contributed by atoms with Crippen molar-refractivity contribution in [1.82, 2.24) is 9.80 Å². The molecule has 1 heterocycles. The van der Waals surface area contributed by atoms with Crippen molar-refractivity contribution in [1.29, 1.82) is 0 Å². The van der Waals surface area contributed by atoms with Crippen LogP contribution in [0.1, 0.15) is 42.9 Å². The third-order valence-corrected chi connectivity index (χ3v) is 6.28. The average Bonchev–Trinajstić information content (AvgIpc) is 2.84. The number of hydrogen-bond acceptors (Lipinski definition) is 4. The molecule has 0 bridgehead atoms. The molecule has 3 amide bonds. The molecular formula is C27H35N3O4. The van der Waals surface area contributed by atoms with Crippen LogP contribution in [0.15, 0.2) is 48.5 Å². The molecular weight excluding hydrogens is 430 g/mol. The van der Waals surface area contributed by atoms with E-state index in [2.05, 4.69) is 5.32 Å². The second kappa shape index (κ2) is 12.2. The fraction of sp³-hybridized carbons (Fsp3) is 0.444. The molecule has 0 radical (unpaired) electrons. The molecule has 7 nitrogen and oxygen atoms in total. The molecule has 1 N–H and O–H groups in total. The van der Waals surface area contributed by atoms with Crippen LogP contribution in [0.25, 0.3) is 0 Å². The Balaban J connectivity index is 1.62. The van der Waals surface area contributed by atoms with Gasteiger partial charge in [0.05, 0.1) is 12.5 Å². The molecule has 0 atom stereocenters. The van der Waals surface area contributed by atoms with Gasteiger partial charge in [0.1, 0.15) is 0 Å². The highest BCUT2D eigenvalue weighted by Gasteiger charge is 2.28. The number of para-hydroxylation sites is 1. The van der Waals surface area contributed by atoms with Crippen molar-refractivity contribution < 1.29 is 19.1 Å². The van der Waals surface area contributed by atoms with E-state index < -0.39 is 0 Å². The molecule has 0 saturated carbocycles. The molecule has 0 aliphatic carbocycles. The third kappa shape index (κ3) is 6.83. The van der Waals surface area contributed by atoms with Crippen LogP contribution in [0.4, 0.5) is 10.5 Å². The van der Waals surface area contributed by atoms with E-state index in [1.807, 2.05) is 62.4 Å². The highest BCUT2D eigenvalue weighted by molar-refractivity contribution is 5.91. The van der Waals surface area contributed by atoms with E-state index in [9.17, 15) is 14.4 Å². The van der Waals surface area contributed by atoms with Gasteiger partial charge in [0, 0.05) is 38.3 Å². The minimum atomic E-state index is -0.227. The number of piperidine rings is 1. The van der Waals surface area contributed by atoms with Crippen molar-refractivity contribution in [3.05, 3.63) is 65.2 Å². The summed E-state index contributed by atoms with van der Waals surface area (Å²) in [7, 11) is 0. The molecule has 2 aromatic rings. The number of anilines is 1. The van der Waals surface area contributed by atoms with Crippen LogP contribution >= 0.6 is 0 Å². The van der Waals surface area contributed by atoms with Crippen LogP contribution in [0, 0.1) is 19.8 Å². The molecule has 1 saturated heterocycles. The van der Waals surface area contributed by atoms with Gasteiger partial charge in [0.15, 0.2) is 0 Å². The molecule has 3 rings (SSSR count). The summed E-state index contributed by atoms with van der Waals surface area (Å²) >= 11 is 0. The summed E-state index contributed by atoms with van der Waals surface area (Å²) in [5.74, 6) is -0.311. The first-order chi connectivity index (χ1) is 16.4. The standard InChI is InChI=1S/C27H35N3O4/c1-4-34-26(32)23-13-16-29(17-14-23)24(31)15-18-30(19-22-11-6-5-7-12-22)27(33)28-25-20(2)9-8-10-21(25)3/h5-12,23H,4,13-19H2,1-3H3,(H,28,33). The number of carbonyl (C=O) groups is 3. The number of amides is 3. The summed E-state index contributed by atoms with van der Waals surface area (Å²) in [5, 5.41) is 3.04. The number of nitrogens with zero attached hydrogens (tertiary/aromatic N) is 2. The lowest BCUT2D eigenvalue weighted by molar-refractivity contribution is -0.151. The number of carbonyl (C=O) groups excluding carboxylic acids is 3. The average molecular weight is 466 g/mol. The highest BCUT2D eigenvalue weighted by atomic mass is 16.5. The Hall–Kier alpha value is -3.35. The van der Waals surface area contributed by atoms with Crippen LogP contribution < -0.4 is 5.32 Å². The van der Waals surface area contributed by atoms with Crippen molar-refractivity contribution >= 4 is 23.6 Å². The smallest absolute Gasteiger partial charge is 0.322 e. The lowest BCUT2D eigenvalue weighted by Crippen LogP contribution is -2.43. The number of likely N-dealkylation sites (tertiary alicyclic amines) is 1. The normalized spacial score (nSPS) is 13.9. The summed E-state index contributed by atoms with van der Waals surface area (Å²) in [6.45, 7) is 7.90. The van der Waals surface area contributed by atoms with Gasteiger partial charge in [-0.2, -0.15) is 0 Å². The zero-order chi connectivity index (χ0) is 24.5. The number of nitrogens with one attached hydrogen (secondary N) is 1. The minimum absolute atomic E-state index is 0.000225. The number of ether oxygens (including phenoxy) is 1. The van der Waals surface area contributed by atoms with Crippen LogP contribution in [0.3, 0.4) is 0 Å². The first-order valence-corrected chi connectivity index (χ1v) is 12.0. The number of esters is 1. The molecule has 1 fully saturated rings. The second-order valence-electron chi connectivity index (χ2n) is 8.76. The lowest BCUT2D eigenvalue weighted by atomic mass is 9.97. The van der Waals surface area contributed by atoms with E-state index >= 15 is 0 Å². The SMILES string of the molecule is CCOC(=O)C1CCN(C(=O)CCN(Cc2ccccc2)C(=O)Nc2c(C)cccc2C)CC1. The van der Waals surface area contributed by atoms with Crippen LogP contribution in [0.2, 0.25) is 0 Å². The van der Waals surface area contributed by atoms with Crippen LogP contribution in [-0.4, -0.2) is 53.9 Å². The number of aryl methyl sites for hydroxylation is 2. The predicted molar refractivity (Wildman–Crippen MR) is 132 cm³/mol. The van der Waals surface area contributed by atoms with Crippen molar-refractivity contribution in [2.24, 2.45) is 5.92 Å². The third-order valence-electron chi connectivity index (χ3n) is 6.28. The Labute approximate surface area is 202 Å². The maximum Gasteiger partial charge on any atom is 0.322 e. The Morgan fingerprint density at radius 2 is 1.65 bits per heavy atom. The van der Waals surface area contributed by atoms with Gasteiger partial charge in [0.2, 0.25) is 5.91 Å². The summed E-state index contributed by atoms with van der Waals surface area (Å²) in [6.07, 6.45) is 1.47. The zero-order valence-corrected chi connectivity index (χ0v) is 20.4. The van der Waals surface area contributed by atoms with Gasteiger partial charge in [-0.1, -0.05) is 48.5 Å². The van der Waals surface area contributed by atoms with E-state index in [-0.39, 0.29) is 30.2 Å². The molecule has 1 aliphatic rings. The minimum Gasteiger partial charge on any atom is -0.466 e. The van der Waals surface area contributed by atoms with Crippen molar-refractivity contribution in [2.45, 2.75) is 46.6 Å². The number of rotatable bonds is 8. The Morgan fingerprint density at radius 1 is 1.00 bits per heavy atom. The summed E-state index contributed by atoms with van der Waals surface area (Å²) in [4.78, 5) is 41.6. The Bertz CT molecular complexity index is 964. The quantitative estimate of drug-likeness (QED) is 0.581. The maximum absolute atomic E-state index is 13.2. The molecule has 1 aliphatic heterocycles. The molecule has 0 spiro atoms. The van der Waals surface area contributed by atoms with E-state index in [1.54, 1.807) is 16.7 Å². The Kier molecular flexibility index (Phi) is 9.08. The van der Waals surface area contributed by atoms with Gasteiger partial charge in [-0.25, -0.2) is 4.79 Å². The van der Waals surface area contributed by atoms with E-state index in [4.69, 9.17) is 4.74 Å². The first kappa shape index (κ1) is 25.3. The van der Waals surface area contributed by atoms with E-state index in [0.717, 1.165) is 22.4 Å². The van der Waals surface area contributed by atoms with Gasteiger partial charge < -0.3 is 19.9 Å². The van der Waals surface area contributed by atoms with Crippen LogP contribution in [0.5, 0.6) is 0 Å². The number of urea groups is 1. The van der Waals surface area contributed by atoms with E-state index in [1.165, 1.54) is 0 Å². The molecule has 0 aromatic heterocycles. The van der Waals surface area contributed by atoms with Gasteiger partial charge in [-0.05, 0) is 50.3 Å². The van der Waals surface area contributed by atoms with Crippen molar-refractivity contribution in [3.8, 4) is 0 Å². The largest absolute Gasteiger partial charge is 0.466 e. The van der Waals surface area contributed by atoms with Crippen molar-refractivity contribution in [3.63, 3.8) is 0 Å². The van der Waals surface area contributed by atoms with Gasteiger partial charge >= 0.3 is 12.0 Å². The fourth-order valence-corrected chi connectivity index (χ4v) is 4.27. The molecule has 2 aromatic carbocycles. The number of hydrogen-bond donors (Lipinski definition) is 1. The lowest BCUT2D eigenvalue weighted by Gasteiger charge is -2.32. The molecule has 0 unspecified atom stereocenters. The summed E-state index contributed by atoms with van der Waals surface area (Å²) in [6, 6.07) is 15.4. The highest BCUT2D eigenvalue weighted by Crippen LogP contribution is 2.22. The van der Waals surface area contributed by atoms with Crippen LogP contribution in [-0.2, 0) is 20.9 Å². The Morgan fingerprint density at radius 3 is 2.26 bits per heavy atom. The maximum atomic E-state index is 13.2. The zero-order valence-electron chi connectivity index (χ0n) is 20.4. The van der Waals surface area contributed by atoms with Gasteiger partial charge in [-0.15, -0.1) is 0 Å². The second-order valence-corrected chi connectivity index (χ2v) is 8.76. The topological polar surface area (TPSA) is 79.0 Å². The predicted octanol–water partition coefficient (Wildman–Crippen LogP) is 4.53. The van der Waals surface area contributed by atoms with Gasteiger partial charge in [-0.3, -0.25) is 9.59 Å². The molecule has 34 heavy (non-hydrogen) atoms. The first-order valence-electron chi connectivity index (χ1n) is 12.0. The molecule has 7 heteroatoms. The number of benzene rings is 2.